The molecule has 0 aromatic carbocycles. The number of nitrogens with zero attached hydrogens (tertiary/aromatic N) is 1. The molecule has 4 heteroatoms. The van der Waals surface area contributed by atoms with Crippen molar-refractivity contribution in [1.82, 2.24) is 10.2 Å². The van der Waals surface area contributed by atoms with Crippen LogP contribution >= 0.6 is 0 Å². The molecule has 0 atom stereocenters. The van der Waals surface area contributed by atoms with Gasteiger partial charge in [0, 0.05) is 5.54 Å². The summed E-state index contributed by atoms with van der Waals surface area (Å²) in [6.07, 6.45) is 6.80. The van der Waals surface area contributed by atoms with Gasteiger partial charge < -0.3 is 10.2 Å². The van der Waals surface area contributed by atoms with E-state index in [1.807, 2.05) is 4.90 Å². The van der Waals surface area contributed by atoms with Crippen LogP contribution in [0.4, 0.5) is 0 Å². The fourth-order valence-corrected chi connectivity index (χ4v) is 3.56. The van der Waals surface area contributed by atoms with Crippen molar-refractivity contribution in [2.24, 2.45) is 0 Å². The molecule has 2 amide bonds. The van der Waals surface area contributed by atoms with Gasteiger partial charge >= 0.3 is 0 Å². The highest BCUT2D eigenvalue weighted by molar-refractivity contribution is 5.98. The normalized spacial score (nSPS) is 23.6. The fraction of sp³-hybridized carbons (Fsp3) is 0.867. The standard InChI is InChI=1S/C15H26N2O2/c1-4-8-14(2,3)17-11-12(18)16-15(13(17)19)9-6-5-7-10-15/h4-11H2,1-3H3,(H,16,18). The van der Waals surface area contributed by atoms with E-state index in [2.05, 4.69) is 26.1 Å². The molecule has 108 valence electrons. The molecule has 0 unspecified atom stereocenters. The Morgan fingerprint density at radius 1 is 1.21 bits per heavy atom. The third-order valence-corrected chi connectivity index (χ3v) is 4.63. The van der Waals surface area contributed by atoms with E-state index in [0.717, 1.165) is 38.5 Å². The number of carbonyl (C=O) groups is 2. The summed E-state index contributed by atoms with van der Waals surface area (Å²) < 4.78 is 0. The van der Waals surface area contributed by atoms with E-state index >= 15 is 0 Å². The van der Waals surface area contributed by atoms with Gasteiger partial charge in [0.15, 0.2) is 0 Å². The van der Waals surface area contributed by atoms with E-state index in [1.165, 1.54) is 6.42 Å². The second-order valence-electron chi connectivity index (χ2n) is 6.64. The summed E-state index contributed by atoms with van der Waals surface area (Å²) in [6, 6.07) is 0. The highest BCUT2D eigenvalue weighted by Crippen LogP contribution is 2.35. The molecule has 2 fully saturated rings. The quantitative estimate of drug-likeness (QED) is 0.851. The van der Waals surface area contributed by atoms with E-state index in [1.54, 1.807) is 0 Å². The molecule has 0 radical (unpaired) electrons. The first-order chi connectivity index (χ1) is 8.91. The zero-order valence-corrected chi connectivity index (χ0v) is 12.4. The Bertz CT molecular complexity index is 370. The van der Waals surface area contributed by atoms with E-state index < -0.39 is 5.54 Å². The highest BCUT2D eigenvalue weighted by Gasteiger charge is 2.50. The number of amides is 2. The average molecular weight is 266 g/mol. The molecule has 1 aliphatic heterocycles. The lowest BCUT2D eigenvalue weighted by molar-refractivity contribution is -0.157. The number of rotatable bonds is 3. The van der Waals surface area contributed by atoms with Crippen molar-refractivity contribution in [2.75, 3.05) is 6.54 Å². The van der Waals surface area contributed by atoms with Crippen LogP contribution in [0.3, 0.4) is 0 Å². The van der Waals surface area contributed by atoms with Crippen LogP contribution in [0, 0.1) is 0 Å². The van der Waals surface area contributed by atoms with E-state index in [9.17, 15) is 9.59 Å². The molecular formula is C15H26N2O2. The van der Waals surface area contributed by atoms with Gasteiger partial charge in [-0.05, 0) is 33.1 Å². The summed E-state index contributed by atoms with van der Waals surface area (Å²) in [6.45, 7) is 6.48. The lowest BCUT2D eigenvalue weighted by atomic mass is 9.78. The molecule has 2 aliphatic rings. The summed E-state index contributed by atoms with van der Waals surface area (Å²) >= 11 is 0. The number of carbonyl (C=O) groups excluding carboxylic acids is 2. The number of piperazine rings is 1. The Hall–Kier alpha value is -1.06. The van der Waals surface area contributed by atoms with Gasteiger partial charge in [0.1, 0.15) is 12.1 Å². The minimum Gasteiger partial charge on any atom is -0.340 e. The third kappa shape index (κ3) is 2.63. The Morgan fingerprint density at radius 2 is 1.84 bits per heavy atom. The first kappa shape index (κ1) is 14.4. The minimum atomic E-state index is -0.599. The van der Waals surface area contributed by atoms with Crippen LogP contribution in [0.25, 0.3) is 0 Å². The lowest BCUT2D eigenvalue weighted by Crippen LogP contribution is -2.70. The summed E-state index contributed by atoms with van der Waals surface area (Å²) in [4.78, 5) is 26.7. The maximum Gasteiger partial charge on any atom is 0.249 e. The maximum absolute atomic E-state index is 12.9. The average Bonchev–Trinajstić information content (AvgIpc) is 2.35. The van der Waals surface area contributed by atoms with Gasteiger partial charge in [-0.2, -0.15) is 0 Å². The molecule has 1 aliphatic carbocycles. The van der Waals surface area contributed by atoms with Crippen LogP contribution in [-0.4, -0.2) is 34.3 Å². The van der Waals surface area contributed by atoms with E-state index in [0.29, 0.717) is 0 Å². The predicted octanol–water partition coefficient (Wildman–Crippen LogP) is 2.23. The molecule has 0 bridgehead atoms. The topological polar surface area (TPSA) is 49.4 Å². The number of hydrogen-bond acceptors (Lipinski definition) is 2. The molecule has 4 nitrogen and oxygen atoms in total. The highest BCUT2D eigenvalue weighted by atomic mass is 16.2. The summed E-state index contributed by atoms with van der Waals surface area (Å²) in [5, 5.41) is 3.00. The van der Waals surface area contributed by atoms with Gasteiger partial charge in [-0.1, -0.05) is 32.6 Å². The van der Waals surface area contributed by atoms with Crippen LogP contribution in [0.15, 0.2) is 0 Å². The predicted molar refractivity (Wildman–Crippen MR) is 74.7 cm³/mol. The Morgan fingerprint density at radius 3 is 2.42 bits per heavy atom. The van der Waals surface area contributed by atoms with Gasteiger partial charge in [0.05, 0.1) is 0 Å². The fourth-order valence-electron chi connectivity index (χ4n) is 3.56. The van der Waals surface area contributed by atoms with E-state index in [-0.39, 0.29) is 23.9 Å². The van der Waals surface area contributed by atoms with Gasteiger partial charge in [0.2, 0.25) is 11.8 Å². The maximum atomic E-state index is 12.9. The zero-order chi connectivity index (χ0) is 14.1. The first-order valence-electron chi connectivity index (χ1n) is 7.54. The molecule has 0 aromatic heterocycles. The molecule has 1 heterocycles. The van der Waals surface area contributed by atoms with Crippen LogP contribution < -0.4 is 5.32 Å². The molecule has 0 aromatic rings. The molecule has 1 saturated carbocycles. The lowest BCUT2D eigenvalue weighted by Gasteiger charge is -2.49. The van der Waals surface area contributed by atoms with Gasteiger partial charge in [-0.15, -0.1) is 0 Å². The zero-order valence-electron chi connectivity index (χ0n) is 12.4. The van der Waals surface area contributed by atoms with Crippen LogP contribution in [0.2, 0.25) is 0 Å². The van der Waals surface area contributed by atoms with Crippen molar-refractivity contribution in [3.63, 3.8) is 0 Å². The minimum absolute atomic E-state index is 0.00526. The largest absolute Gasteiger partial charge is 0.340 e. The molecule has 19 heavy (non-hydrogen) atoms. The molecule has 1 saturated heterocycles. The van der Waals surface area contributed by atoms with Crippen LogP contribution in [0.1, 0.15) is 65.7 Å². The summed E-state index contributed by atoms with van der Waals surface area (Å²) in [7, 11) is 0. The molecular weight excluding hydrogens is 240 g/mol. The Balaban J connectivity index is 2.25. The van der Waals surface area contributed by atoms with Gasteiger partial charge in [0.25, 0.3) is 0 Å². The summed E-state index contributed by atoms with van der Waals surface area (Å²) in [5.41, 5.74) is -0.827. The SMILES string of the molecule is CCCC(C)(C)N1CC(=O)NC2(CCCCC2)C1=O. The van der Waals surface area contributed by atoms with Gasteiger partial charge in [-0.25, -0.2) is 0 Å². The van der Waals surface area contributed by atoms with E-state index in [4.69, 9.17) is 0 Å². The smallest absolute Gasteiger partial charge is 0.249 e. The van der Waals surface area contributed by atoms with Crippen molar-refractivity contribution in [3.8, 4) is 0 Å². The van der Waals surface area contributed by atoms with Crippen molar-refractivity contribution in [2.45, 2.75) is 76.8 Å². The van der Waals surface area contributed by atoms with Crippen LogP contribution in [0.5, 0.6) is 0 Å². The monoisotopic (exact) mass is 266 g/mol. The molecule has 1 N–H and O–H groups in total. The van der Waals surface area contributed by atoms with Crippen molar-refractivity contribution in [1.29, 1.82) is 0 Å². The van der Waals surface area contributed by atoms with Crippen molar-refractivity contribution in [3.05, 3.63) is 0 Å². The van der Waals surface area contributed by atoms with Crippen molar-refractivity contribution < 1.29 is 9.59 Å². The second kappa shape index (κ2) is 5.14. The Kier molecular flexibility index (Phi) is 3.88. The second-order valence-corrected chi connectivity index (χ2v) is 6.64. The molecule has 2 rings (SSSR count). The first-order valence-corrected chi connectivity index (χ1v) is 7.54. The number of nitrogens with one attached hydrogen (secondary N) is 1. The summed E-state index contributed by atoms with van der Waals surface area (Å²) in [5.74, 6) is 0.149. The van der Waals surface area contributed by atoms with Gasteiger partial charge in [-0.3, -0.25) is 9.59 Å². The van der Waals surface area contributed by atoms with Crippen molar-refractivity contribution >= 4 is 11.8 Å². The molecule has 1 spiro atoms. The third-order valence-electron chi connectivity index (χ3n) is 4.63. The Labute approximate surface area is 115 Å². The number of hydrogen-bond donors (Lipinski definition) is 1. The van der Waals surface area contributed by atoms with Crippen LogP contribution in [-0.2, 0) is 9.59 Å².